The number of hydrogen-bond donors (Lipinski definition) is 1. The van der Waals surface area contributed by atoms with Gasteiger partial charge in [0.05, 0.1) is 7.11 Å². The number of carbonyl (C=O) groups excluding carboxylic acids is 2. The highest BCUT2D eigenvalue weighted by Gasteiger charge is 2.47. The van der Waals surface area contributed by atoms with Crippen LogP contribution in [0.3, 0.4) is 0 Å². The van der Waals surface area contributed by atoms with Gasteiger partial charge in [-0.1, -0.05) is 0 Å². The van der Waals surface area contributed by atoms with E-state index in [1.54, 1.807) is 7.11 Å². The van der Waals surface area contributed by atoms with Gasteiger partial charge in [0, 0.05) is 31.9 Å². The number of hydrogen-bond acceptors (Lipinski definition) is 4. The Morgan fingerprint density at radius 3 is 2.54 bits per heavy atom. The Bertz CT molecular complexity index is 709. The van der Waals surface area contributed by atoms with Gasteiger partial charge in [-0.05, 0) is 49.4 Å². The number of rotatable bonds is 5. The maximum atomic E-state index is 12.7. The van der Waals surface area contributed by atoms with E-state index in [0.29, 0.717) is 17.9 Å². The van der Waals surface area contributed by atoms with Crippen LogP contribution in [0.1, 0.15) is 19.3 Å². The summed E-state index contributed by atoms with van der Waals surface area (Å²) in [7, 11) is 1.61. The summed E-state index contributed by atoms with van der Waals surface area (Å²) in [4.78, 5) is 26.7. The van der Waals surface area contributed by atoms with E-state index >= 15 is 0 Å². The summed E-state index contributed by atoms with van der Waals surface area (Å²) in [6.07, 6.45) is -3.42. The molecule has 0 radical (unpaired) electrons. The first-order valence-electron chi connectivity index (χ1n) is 9.34. The maximum Gasteiger partial charge on any atom is 0.471 e. The van der Waals surface area contributed by atoms with E-state index in [1.165, 1.54) is 0 Å². The summed E-state index contributed by atoms with van der Waals surface area (Å²) in [6.45, 7) is 1.94. The van der Waals surface area contributed by atoms with E-state index in [9.17, 15) is 22.8 Å². The molecule has 28 heavy (non-hydrogen) atoms. The van der Waals surface area contributed by atoms with Crippen LogP contribution in [0.15, 0.2) is 24.3 Å². The molecule has 0 aliphatic carbocycles. The van der Waals surface area contributed by atoms with Crippen LogP contribution in [0.2, 0.25) is 0 Å². The van der Waals surface area contributed by atoms with Crippen molar-refractivity contribution in [2.24, 2.45) is 5.92 Å². The third-order valence-corrected chi connectivity index (χ3v) is 5.35. The van der Waals surface area contributed by atoms with Crippen molar-refractivity contribution in [1.82, 2.24) is 10.2 Å². The Balaban J connectivity index is 1.50. The minimum absolute atomic E-state index is 0.0366. The van der Waals surface area contributed by atoms with Gasteiger partial charge in [-0.2, -0.15) is 13.2 Å². The Morgan fingerprint density at radius 2 is 1.89 bits per heavy atom. The van der Waals surface area contributed by atoms with Crippen molar-refractivity contribution in [2.45, 2.75) is 31.5 Å². The first kappa shape index (κ1) is 20.3. The summed E-state index contributed by atoms with van der Waals surface area (Å²) >= 11 is 0. The maximum absolute atomic E-state index is 12.7. The fourth-order valence-corrected chi connectivity index (χ4v) is 3.83. The molecule has 0 bridgehead atoms. The van der Waals surface area contributed by atoms with Gasteiger partial charge < -0.3 is 19.9 Å². The number of ether oxygens (including phenoxy) is 1. The zero-order chi connectivity index (χ0) is 20.3. The molecule has 2 aliphatic rings. The SMILES string of the molecule is COc1ccc(N2CCC(CNC(=O)C3CCCN3C(=O)C(F)(F)F)C2)cc1. The number of likely N-dealkylation sites (tertiary alicyclic amines) is 1. The number of methoxy groups -OCH3 is 1. The molecule has 2 amide bonds. The van der Waals surface area contributed by atoms with E-state index in [1.807, 2.05) is 24.3 Å². The molecule has 6 nitrogen and oxygen atoms in total. The van der Waals surface area contributed by atoms with E-state index in [0.717, 1.165) is 30.9 Å². The van der Waals surface area contributed by atoms with Crippen LogP contribution in [0.25, 0.3) is 0 Å². The topological polar surface area (TPSA) is 61.9 Å². The van der Waals surface area contributed by atoms with Gasteiger partial charge in [0.15, 0.2) is 0 Å². The van der Waals surface area contributed by atoms with Crippen LogP contribution in [-0.2, 0) is 9.59 Å². The first-order chi connectivity index (χ1) is 13.3. The van der Waals surface area contributed by atoms with Crippen LogP contribution >= 0.6 is 0 Å². The van der Waals surface area contributed by atoms with E-state index in [4.69, 9.17) is 4.74 Å². The standard InChI is InChI=1S/C19H24F3N3O3/c1-28-15-6-4-14(5-7-15)24-10-8-13(12-24)11-23-17(26)16-3-2-9-25(16)18(27)19(20,21)22/h4-7,13,16H,2-3,8-12H2,1H3,(H,23,26). The number of nitrogens with zero attached hydrogens (tertiary/aromatic N) is 2. The molecule has 9 heteroatoms. The van der Waals surface area contributed by atoms with Crippen LogP contribution in [-0.4, -0.2) is 62.2 Å². The van der Waals surface area contributed by atoms with Gasteiger partial charge in [0.2, 0.25) is 5.91 Å². The van der Waals surface area contributed by atoms with Crippen molar-refractivity contribution >= 4 is 17.5 Å². The second-order valence-corrected chi connectivity index (χ2v) is 7.20. The first-order valence-corrected chi connectivity index (χ1v) is 9.34. The molecule has 0 spiro atoms. The number of carbonyl (C=O) groups is 2. The van der Waals surface area contributed by atoms with Gasteiger partial charge in [-0.3, -0.25) is 9.59 Å². The van der Waals surface area contributed by atoms with Gasteiger partial charge in [0.1, 0.15) is 11.8 Å². The molecule has 2 aliphatic heterocycles. The summed E-state index contributed by atoms with van der Waals surface area (Å²) in [5, 5.41) is 2.75. The van der Waals surface area contributed by atoms with Crippen molar-refractivity contribution in [1.29, 1.82) is 0 Å². The van der Waals surface area contributed by atoms with E-state index in [-0.39, 0.29) is 18.9 Å². The summed E-state index contributed by atoms with van der Waals surface area (Å²) in [6, 6.07) is 6.68. The molecule has 3 rings (SSSR count). The lowest BCUT2D eigenvalue weighted by molar-refractivity contribution is -0.186. The van der Waals surface area contributed by atoms with Crippen molar-refractivity contribution in [3.05, 3.63) is 24.3 Å². The molecule has 2 atom stereocenters. The molecule has 2 heterocycles. The number of halogens is 3. The second kappa shape index (κ2) is 8.28. The number of alkyl halides is 3. The van der Waals surface area contributed by atoms with Crippen LogP contribution < -0.4 is 15.0 Å². The number of nitrogens with one attached hydrogen (secondary N) is 1. The fraction of sp³-hybridized carbons (Fsp3) is 0.579. The Morgan fingerprint density at radius 1 is 1.18 bits per heavy atom. The zero-order valence-electron chi connectivity index (χ0n) is 15.7. The molecule has 1 aromatic carbocycles. The average Bonchev–Trinajstić information content (AvgIpc) is 3.34. The summed E-state index contributed by atoms with van der Waals surface area (Å²) < 4.78 is 43.2. The smallest absolute Gasteiger partial charge is 0.471 e. The third kappa shape index (κ3) is 4.51. The van der Waals surface area contributed by atoms with Crippen LogP contribution in [0, 0.1) is 5.92 Å². The predicted octanol–water partition coefficient (Wildman–Crippen LogP) is 2.19. The number of anilines is 1. The molecule has 1 aromatic rings. The predicted molar refractivity (Wildman–Crippen MR) is 97.1 cm³/mol. The lowest BCUT2D eigenvalue weighted by Crippen LogP contribution is -2.50. The van der Waals surface area contributed by atoms with Crippen molar-refractivity contribution in [2.75, 3.05) is 38.2 Å². The minimum Gasteiger partial charge on any atom is -0.497 e. The minimum atomic E-state index is -4.95. The summed E-state index contributed by atoms with van der Waals surface area (Å²) in [5.74, 6) is -1.45. The zero-order valence-corrected chi connectivity index (χ0v) is 15.7. The van der Waals surface area contributed by atoms with Gasteiger partial charge in [-0.15, -0.1) is 0 Å². The summed E-state index contributed by atoms with van der Waals surface area (Å²) in [5.41, 5.74) is 1.06. The second-order valence-electron chi connectivity index (χ2n) is 7.20. The van der Waals surface area contributed by atoms with Crippen molar-refractivity contribution in [3.8, 4) is 5.75 Å². The molecule has 2 saturated heterocycles. The normalized spacial score (nSPS) is 22.4. The lowest BCUT2D eigenvalue weighted by atomic mass is 10.1. The Labute approximate surface area is 161 Å². The van der Waals surface area contributed by atoms with E-state index < -0.39 is 24.0 Å². The van der Waals surface area contributed by atoms with Crippen LogP contribution in [0.5, 0.6) is 5.75 Å². The monoisotopic (exact) mass is 399 g/mol. The fourth-order valence-electron chi connectivity index (χ4n) is 3.83. The highest BCUT2D eigenvalue weighted by Crippen LogP contribution is 2.27. The molecule has 154 valence electrons. The highest BCUT2D eigenvalue weighted by atomic mass is 19.4. The molecule has 0 saturated carbocycles. The quantitative estimate of drug-likeness (QED) is 0.825. The van der Waals surface area contributed by atoms with E-state index in [2.05, 4.69) is 10.2 Å². The third-order valence-electron chi connectivity index (χ3n) is 5.35. The number of amides is 2. The molecule has 0 aromatic heterocycles. The molecular weight excluding hydrogens is 375 g/mol. The van der Waals surface area contributed by atoms with Crippen molar-refractivity contribution in [3.63, 3.8) is 0 Å². The molecule has 2 fully saturated rings. The Hall–Kier alpha value is -2.45. The number of benzene rings is 1. The molecule has 1 N–H and O–H groups in total. The largest absolute Gasteiger partial charge is 0.497 e. The van der Waals surface area contributed by atoms with Crippen molar-refractivity contribution < 1.29 is 27.5 Å². The van der Waals surface area contributed by atoms with Gasteiger partial charge >= 0.3 is 12.1 Å². The molecular formula is C19H24F3N3O3. The lowest BCUT2D eigenvalue weighted by Gasteiger charge is -2.25. The molecule has 2 unspecified atom stereocenters. The Kier molecular flexibility index (Phi) is 6.00. The van der Waals surface area contributed by atoms with Gasteiger partial charge in [0.25, 0.3) is 0 Å². The van der Waals surface area contributed by atoms with Gasteiger partial charge in [-0.25, -0.2) is 0 Å². The average molecular weight is 399 g/mol. The highest BCUT2D eigenvalue weighted by molar-refractivity contribution is 5.90. The van der Waals surface area contributed by atoms with Crippen LogP contribution in [0.4, 0.5) is 18.9 Å².